The van der Waals surface area contributed by atoms with Gasteiger partial charge in [0.05, 0.1) is 23.3 Å². The number of hydrogen-bond acceptors (Lipinski definition) is 4. The molecule has 0 amide bonds. The number of hydrogen-bond donors (Lipinski definition) is 1. The molecule has 116 valence electrons. The molecule has 2 aromatic rings. The molecule has 1 N–H and O–H groups in total. The molecule has 0 aliphatic rings. The van der Waals surface area contributed by atoms with Crippen molar-refractivity contribution < 1.29 is 22.3 Å². The number of rotatable bonds is 4. The maximum absolute atomic E-state index is 13.7. The zero-order valence-corrected chi connectivity index (χ0v) is 13.7. The number of halogens is 2. The summed E-state index contributed by atoms with van der Waals surface area (Å²) in [5.74, 6) is -1.38. The molecule has 0 aromatic heterocycles. The van der Waals surface area contributed by atoms with Crippen LogP contribution in [-0.4, -0.2) is 21.5 Å². The molecule has 0 heterocycles. The summed E-state index contributed by atoms with van der Waals surface area (Å²) >= 11 is 3.09. The van der Waals surface area contributed by atoms with Crippen LogP contribution in [-0.2, 0) is 14.8 Å². The molecule has 0 radical (unpaired) electrons. The van der Waals surface area contributed by atoms with Gasteiger partial charge in [-0.1, -0.05) is 22.0 Å². The van der Waals surface area contributed by atoms with E-state index in [1.165, 1.54) is 37.4 Å². The highest BCUT2D eigenvalue weighted by Gasteiger charge is 2.18. The summed E-state index contributed by atoms with van der Waals surface area (Å²) in [7, 11) is -2.83. The predicted octanol–water partition coefficient (Wildman–Crippen LogP) is 3.18. The van der Waals surface area contributed by atoms with Gasteiger partial charge in [-0.2, -0.15) is 0 Å². The Morgan fingerprint density at radius 1 is 1.23 bits per heavy atom. The average Bonchev–Trinajstić information content (AvgIpc) is 2.49. The van der Waals surface area contributed by atoms with Crippen LogP contribution in [0.1, 0.15) is 10.4 Å². The quantitative estimate of drug-likeness (QED) is 0.817. The number of nitrogens with one attached hydrogen (secondary N) is 1. The second kappa shape index (κ2) is 6.45. The molecule has 0 aliphatic heterocycles. The molecule has 0 aliphatic carbocycles. The maximum Gasteiger partial charge on any atom is 0.337 e. The van der Waals surface area contributed by atoms with Gasteiger partial charge in [-0.25, -0.2) is 17.6 Å². The minimum absolute atomic E-state index is 0.0849. The molecule has 0 saturated carbocycles. The van der Waals surface area contributed by atoms with E-state index in [1.807, 2.05) is 0 Å². The van der Waals surface area contributed by atoms with Gasteiger partial charge in [-0.15, -0.1) is 0 Å². The highest BCUT2D eigenvalue weighted by atomic mass is 79.9. The summed E-state index contributed by atoms with van der Waals surface area (Å²) < 4.78 is 45.4. The molecular formula is C14H11BrFNO4S. The van der Waals surface area contributed by atoms with E-state index in [-0.39, 0.29) is 16.1 Å². The minimum Gasteiger partial charge on any atom is -0.465 e. The minimum atomic E-state index is -4.03. The Balaban J connectivity index is 2.36. The van der Waals surface area contributed by atoms with Gasteiger partial charge in [0.25, 0.3) is 10.0 Å². The topological polar surface area (TPSA) is 72.5 Å². The maximum atomic E-state index is 13.7. The normalized spacial score (nSPS) is 11.0. The third kappa shape index (κ3) is 3.63. The monoisotopic (exact) mass is 387 g/mol. The Kier molecular flexibility index (Phi) is 4.82. The number of sulfonamides is 1. The van der Waals surface area contributed by atoms with Crippen molar-refractivity contribution in [2.45, 2.75) is 4.90 Å². The van der Waals surface area contributed by atoms with Gasteiger partial charge >= 0.3 is 5.97 Å². The second-order valence-electron chi connectivity index (χ2n) is 4.25. The zero-order valence-electron chi connectivity index (χ0n) is 11.3. The molecule has 0 fully saturated rings. The van der Waals surface area contributed by atoms with Gasteiger partial charge in [0.1, 0.15) is 5.82 Å². The predicted molar refractivity (Wildman–Crippen MR) is 82.7 cm³/mol. The molecule has 2 aromatic carbocycles. The first-order valence-corrected chi connectivity index (χ1v) is 8.27. The first kappa shape index (κ1) is 16.4. The number of benzene rings is 2. The van der Waals surface area contributed by atoms with Crippen molar-refractivity contribution in [1.29, 1.82) is 0 Å². The third-order valence-electron chi connectivity index (χ3n) is 2.74. The number of esters is 1. The smallest absolute Gasteiger partial charge is 0.337 e. The molecule has 0 bridgehead atoms. The lowest BCUT2D eigenvalue weighted by Crippen LogP contribution is -2.15. The van der Waals surface area contributed by atoms with E-state index in [2.05, 4.69) is 25.4 Å². The van der Waals surface area contributed by atoms with Crippen LogP contribution < -0.4 is 4.72 Å². The summed E-state index contributed by atoms with van der Waals surface area (Å²) in [5, 5.41) is 0. The first-order valence-electron chi connectivity index (χ1n) is 6.00. The molecule has 0 saturated heterocycles. The highest BCUT2D eigenvalue weighted by Crippen LogP contribution is 2.23. The summed E-state index contributed by atoms with van der Waals surface area (Å²) in [4.78, 5) is 11.3. The summed E-state index contributed by atoms with van der Waals surface area (Å²) in [6.45, 7) is 0. The third-order valence-corrected chi connectivity index (χ3v) is 4.60. The van der Waals surface area contributed by atoms with Crippen LogP contribution in [0.3, 0.4) is 0 Å². The van der Waals surface area contributed by atoms with Gasteiger partial charge in [-0.3, -0.25) is 4.72 Å². The molecule has 0 spiro atoms. The highest BCUT2D eigenvalue weighted by molar-refractivity contribution is 9.10. The fourth-order valence-electron chi connectivity index (χ4n) is 1.68. The molecule has 22 heavy (non-hydrogen) atoms. The fourth-order valence-corrected chi connectivity index (χ4v) is 3.13. The first-order chi connectivity index (χ1) is 10.3. The Morgan fingerprint density at radius 3 is 2.59 bits per heavy atom. The van der Waals surface area contributed by atoms with Crippen LogP contribution in [0.5, 0.6) is 0 Å². The van der Waals surface area contributed by atoms with Gasteiger partial charge in [-0.05, 0) is 36.4 Å². The SMILES string of the molecule is COC(=O)c1cccc(S(=O)(=O)Nc2ccc(Br)cc2F)c1. The van der Waals surface area contributed by atoms with Crippen molar-refractivity contribution >= 4 is 37.6 Å². The van der Waals surface area contributed by atoms with E-state index in [1.54, 1.807) is 0 Å². The molecular weight excluding hydrogens is 377 g/mol. The lowest BCUT2D eigenvalue weighted by Gasteiger charge is -2.10. The van der Waals surface area contributed by atoms with Crippen LogP contribution in [0.25, 0.3) is 0 Å². The molecule has 0 unspecified atom stereocenters. The van der Waals surface area contributed by atoms with Gasteiger partial charge in [0.15, 0.2) is 0 Å². The van der Waals surface area contributed by atoms with Crippen molar-refractivity contribution in [3.8, 4) is 0 Å². The van der Waals surface area contributed by atoms with Crippen LogP contribution in [0.2, 0.25) is 0 Å². The number of carbonyl (C=O) groups excluding carboxylic acids is 1. The second-order valence-corrected chi connectivity index (χ2v) is 6.85. The van der Waals surface area contributed by atoms with E-state index in [0.29, 0.717) is 4.47 Å². The van der Waals surface area contributed by atoms with Crippen LogP contribution in [0.15, 0.2) is 51.8 Å². The van der Waals surface area contributed by atoms with E-state index in [9.17, 15) is 17.6 Å². The summed E-state index contributed by atoms with van der Waals surface area (Å²) in [6.07, 6.45) is 0. The Labute approximate surface area is 135 Å². The Hall–Kier alpha value is -1.93. The summed E-state index contributed by atoms with van der Waals surface area (Å²) in [5.41, 5.74) is -0.103. The lowest BCUT2D eigenvalue weighted by atomic mass is 10.2. The van der Waals surface area contributed by atoms with E-state index in [0.717, 1.165) is 12.1 Å². The number of carbonyl (C=O) groups is 1. The average molecular weight is 388 g/mol. The van der Waals surface area contributed by atoms with E-state index < -0.39 is 21.8 Å². The number of anilines is 1. The van der Waals surface area contributed by atoms with Crippen molar-refractivity contribution in [3.63, 3.8) is 0 Å². The largest absolute Gasteiger partial charge is 0.465 e. The van der Waals surface area contributed by atoms with Gasteiger partial charge < -0.3 is 4.74 Å². The zero-order chi connectivity index (χ0) is 16.3. The Bertz CT molecular complexity index is 823. The van der Waals surface area contributed by atoms with E-state index >= 15 is 0 Å². The molecule has 8 heteroatoms. The summed E-state index contributed by atoms with van der Waals surface area (Å²) in [6, 6.07) is 9.22. The molecule has 5 nitrogen and oxygen atoms in total. The Morgan fingerprint density at radius 2 is 1.95 bits per heavy atom. The standard InChI is InChI=1S/C14H11BrFNO4S/c1-21-14(18)9-3-2-4-11(7-9)22(19,20)17-13-6-5-10(15)8-12(13)16/h2-8,17H,1H3. The van der Waals surface area contributed by atoms with Crippen molar-refractivity contribution in [1.82, 2.24) is 0 Å². The van der Waals surface area contributed by atoms with Crippen molar-refractivity contribution in [2.75, 3.05) is 11.8 Å². The molecule has 2 rings (SSSR count). The van der Waals surface area contributed by atoms with Crippen LogP contribution in [0.4, 0.5) is 10.1 Å². The van der Waals surface area contributed by atoms with Crippen molar-refractivity contribution in [3.05, 3.63) is 58.3 Å². The number of ether oxygens (including phenoxy) is 1. The fraction of sp³-hybridized carbons (Fsp3) is 0.0714. The number of methoxy groups -OCH3 is 1. The van der Waals surface area contributed by atoms with Gasteiger partial charge in [0, 0.05) is 4.47 Å². The lowest BCUT2D eigenvalue weighted by molar-refractivity contribution is 0.0600. The van der Waals surface area contributed by atoms with E-state index in [4.69, 9.17) is 0 Å². The van der Waals surface area contributed by atoms with Crippen molar-refractivity contribution in [2.24, 2.45) is 0 Å². The van der Waals surface area contributed by atoms with Gasteiger partial charge in [0.2, 0.25) is 0 Å². The molecule has 0 atom stereocenters. The van der Waals surface area contributed by atoms with Crippen LogP contribution in [0, 0.1) is 5.82 Å². The van der Waals surface area contributed by atoms with Crippen LogP contribution >= 0.6 is 15.9 Å².